The molecule has 1 amide bonds. The lowest BCUT2D eigenvalue weighted by molar-refractivity contribution is -0.385. The fraction of sp³-hybridized carbons (Fsp3) is 0.176. The van der Waals surface area contributed by atoms with Crippen LogP contribution in [0.1, 0.15) is 10.4 Å². The number of nitrogens with zero attached hydrogens (tertiary/aromatic N) is 4. The first kappa shape index (κ1) is 19.0. The van der Waals surface area contributed by atoms with Gasteiger partial charge in [0.2, 0.25) is 5.91 Å². The molecule has 0 bridgehead atoms. The first-order valence-corrected chi connectivity index (χ1v) is 9.06. The van der Waals surface area contributed by atoms with Crippen molar-refractivity contribution in [3.05, 3.63) is 73.4 Å². The molecule has 0 saturated carbocycles. The molecule has 0 N–H and O–H groups in total. The van der Waals surface area contributed by atoms with Crippen molar-refractivity contribution in [3.63, 3.8) is 0 Å². The molecule has 2 aromatic heterocycles. The first-order chi connectivity index (χ1) is 12.8. The van der Waals surface area contributed by atoms with E-state index in [9.17, 15) is 19.3 Å². The Morgan fingerprint density at radius 1 is 1.44 bits per heavy atom. The van der Waals surface area contributed by atoms with Crippen molar-refractivity contribution in [2.75, 3.05) is 4.90 Å². The molecule has 0 fully saturated rings. The van der Waals surface area contributed by atoms with Crippen molar-refractivity contribution in [1.29, 1.82) is 0 Å². The minimum atomic E-state index is -0.583. The Morgan fingerprint density at radius 3 is 2.81 bits per heavy atom. The predicted molar refractivity (Wildman–Crippen MR) is 101 cm³/mol. The molecule has 0 saturated heterocycles. The van der Waals surface area contributed by atoms with E-state index in [1.165, 1.54) is 45.3 Å². The van der Waals surface area contributed by atoms with E-state index in [2.05, 4.69) is 5.10 Å². The molecule has 0 aliphatic carbocycles. The molecule has 0 unspecified atom stereocenters. The van der Waals surface area contributed by atoms with Gasteiger partial charge in [0.05, 0.1) is 16.5 Å². The number of anilines is 1. The van der Waals surface area contributed by atoms with Gasteiger partial charge in [0, 0.05) is 10.6 Å². The predicted octanol–water partition coefficient (Wildman–Crippen LogP) is 4.19. The van der Waals surface area contributed by atoms with Gasteiger partial charge in [-0.2, -0.15) is 5.10 Å². The summed E-state index contributed by atoms with van der Waals surface area (Å²) in [7, 11) is 0. The van der Waals surface area contributed by atoms with Gasteiger partial charge >= 0.3 is 5.69 Å². The van der Waals surface area contributed by atoms with Gasteiger partial charge in [-0.15, -0.1) is 11.3 Å². The maximum Gasteiger partial charge on any atom is 0.307 e. The van der Waals surface area contributed by atoms with Gasteiger partial charge in [-0.05, 0) is 42.1 Å². The number of rotatable bonds is 6. The van der Waals surface area contributed by atoms with Gasteiger partial charge < -0.3 is 4.90 Å². The summed E-state index contributed by atoms with van der Waals surface area (Å²) in [5, 5.41) is 16.4. The van der Waals surface area contributed by atoms with Gasteiger partial charge in [0.1, 0.15) is 24.8 Å². The summed E-state index contributed by atoms with van der Waals surface area (Å²) < 4.78 is 14.7. The molecule has 0 radical (unpaired) electrons. The van der Waals surface area contributed by atoms with E-state index in [1.807, 2.05) is 18.4 Å². The van der Waals surface area contributed by atoms with Crippen LogP contribution in [-0.4, -0.2) is 20.6 Å². The molecule has 0 aliphatic rings. The van der Waals surface area contributed by atoms with E-state index < -0.39 is 10.7 Å². The summed E-state index contributed by atoms with van der Waals surface area (Å²) in [6.07, 6.45) is 2.26. The SMILES string of the molecule is Cc1ccsc1CN(C(=O)Cn1cc([N+](=O)[O-])cn1)c1ccc(F)c(Cl)c1. The lowest BCUT2D eigenvalue weighted by Gasteiger charge is -2.23. The van der Waals surface area contributed by atoms with Gasteiger partial charge in [0.15, 0.2) is 0 Å². The van der Waals surface area contributed by atoms with Crippen molar-refractivity contribution in [3.8, 4) is 0 Å². The zero-order valence-corrected chi connectivity index (χ0v) is 15.7. The molecule has 27 heavy (non-hydrogen) atoms. The number of thiophene rings is 1. The normalized spacial score (nSPS) is 10.8. The van der Waals surface area contributed by atoms with Crippen LogP contribution in [0.5, 0.6) is 0 Å². The highest BCUT2D eigenvalue weighted by molar-refractivity contribution is 7.10. The van der Waals surface area contributed by atoms with Crippen LogP contribution in [0.3, 0.4) is 0 Å². The molecule has 3 rings (SSSR count). The van der Waals surface area contributed by atoms with E-state index in [0.29, 0.717) is 5.69 Å². The second-order valence-electron chi connectivity index (χ2n) is 5.76. The van der Waals surface area contributed by atoms with Crippen molar-refractivity contribution >= 4 is 40.2 Å². The van der Waals surface area contributed by atoms with Crippen LogP contribution in [0.25, 0.3) is 0 Å². The van der Waals surface area contributed by atoms with Crippen LogP contribution < -0.4 is 4.90 Å². The Morgan fingerprint density at radius 2 is 2.22 bits per heavy atom. The highest BCUT2D eigenvalue weighted by Gasteiger charge is 2.21. The monoisotopic (exact) mass is 408 g/mol. The fourth-order valence-corrected chi connectivity index (χ4v) is 3.51. The van der Waals surface area contributed by atoms with Gasteiger partial charge in [-0.1, -0.05) is 11.6 Å². The van der Waals surface area contributed by atoms with E-state index in [-0.39, 0.29) is 29.7 Å². The third kappa shape index (κ3) is 4.32. The maximum absolute atomic E-state index is 13.5. The van der Waals surface area contributed by atoms with E-state index in [4.69, 9.17) is 11.6 Å². The molecule has 10 heteroatoms. The molecular weight excluding hydrogens is 395 g/mol. The minimum absolute atomic E-state index is 0.0945. The van der Waals surface area contributed by atoms with Crippen LogP contribution in [0.15, 0.2) is 42.0 Å². The first-order valence-electron chi connectivity index (χ1n) is 7.80. The van der Waals surface area contributed by atoms with Gasteiger partial charge in [0.25, 0.3) is 0 Å². The van der Waals surface area contributed by atoms with Crippen LogP contribution >= 0.6 is 22.9 Å². The Kier molecular flexibility index (Phi) is 5.52. The third-order valence-corrected chi connectivity index (χ3v) is 5.21. The molecule has 0 atom stereocenters. The molecular formula is C17H14ClFN4O3S. The minimum Gasteiger partial charge on any atom is -0.306 e. The summed E-state index contributed by atoms with van der Waals surface area (Å²) in [4.78, 5) is 25.5. The average Bonchev–Trinajstić information content (AvgIpc) is 3.24. The smallest absolute Gasteiger partial charge is 0.306 e. The molecule has 1 aromatic carbocycles. The molecule has 0 aliphatic heterocycles. The molecule has 0 spiro atoms. The quantitative estimate of drug-likeness (QED) is 0.452. The van der Waals surface area contributed by atoms with E-state index in [0.717, 1.165) is 16.6 Å². The Bertz CT molecular complexity index is 1000. The number of aromatic nitrogens is 2. The van der Waals surface area contributed by atoms with E-state index in [1.54, 1.807) is 0 Å². The summed E-state index contributed by atoms with van der Waals surface area (Å²) in [6.45, 7) is 2.00. The van der Waals surface area contributed by atoms with Crippen molar-refractivity contribution in [2.45, 2.75) is 20.0 Å². The Hall–Kier alpha value is -2.78. The lowest BCUT2D eigenvalue weighted by atomic mass is 10.2. The zero-order chi connectivity index (χ0) is 19.6. The van der Waals surface area contributed by atoms with Crippen LogP contribution in [0, 0.1) is 22.9 Å². The number of hydrogen-bond donors (Lipinski definition) is 0. The number of aryl methyl sites for hydroxylation is 1. The second kappa shape index (κ2) is 7.85. The zero-order valence-electron chi connectivity index (χ0n) is 14.1. The van der Waals surface area contributed by atoms with Crippen LogP contribution in [-0.2, 0) is 17.9 Å². The summed E-state index contributed by atoms with van der Waals surface area (Å²) >= 11 is 7.37. The number of amides is 1. The molecule has 3 aromatic rings. The second-order valence-corrected chi connectivity index (χ2v) is 7.17. The number of nitro groups is 1. The van der Waals surface area contributed by atoms with Crippen molar-refractivity contribution in [1.82, 2.24) is 9.78 Å². The highest BCUT2D eigenvalue weighted by Crippen LogP contribution is 2.27. The van der Waals surface area contributed by atoms with Gasteiger partial charge in [-0.25, -0.2) is 4.39 Å². The Labute approximate surface area is 162 Å². The van der Waals surface area contributed by atoms with E-state index >= 15 is 0 Å². The third-order valence-electron chi connectivity index (χ3n) is 3.91. The summed E-state index contributed by atoms with van der Waals surface area (Å²) in [6, 6.07) is 5.98. The molecule has 7 nitrogen and oxygen atoms in total. The number of halogens is 2. The average molecular weight is 409 g/mol. The Balaban J connectivity index is 1.89. The maximum atomic E-state index is 13.5. The van der Waals surface area contributed by atoms with Crippen molar-refractivity contribution < 1.29 is 14.1 Å². The summed E-state index contributed by atoms with van der Waals surface area (Å²) in [5.41, 5.74) is 1.26. The number of benzene rings is 1. The number of carbonyl (C=O) groups excluding carboxylic acids is 1. The van der Waals surface area contributed by atoms with Crippen LogP contribution in [0.4, 0.5) is 15.8 Å². The topological polar surface area (TPSA) is 81.3 Å². The lowest BCUT2D eigenvalue weighted by Crippen LogP contribution is -2.33. The highest BCUT2D eigenvalue weighted by atomic mass is 35.5. The van der Waals surface area contributed by atoms with Crippen LogP contribution in [0.2, 0.25) is 5.02 Å². The van der Waals surface area contributed by atoms with Crippen molar-refractivity contribution in [2.24, 2.45) is 0 Å². The number of carbonyl (C=O) groups is 1. The standard InChI is InChI=1S/C17H14ClFN4O3S/c1-11-4-5-27-16(11)9-22(12-2-3-15(19)14(18)6-12)17(24)10-21-8-13(7-20-21)23(25)26/h2-8H,9-10H2,1H3. The number of hydrogen-bond acceptors (Lipinski definition) is 5. The van der Waals surface area contributed by atoms with Gasteiger partial charge in [-0.3, -0.25) is 19.6 Å². The fourth-order valence-electron chi connectivity index (χ4n) is 2.44. The molecule has 140 valence electrons. The largest absolute Gasteiger partial charge is 0.307 e. The molecule has 2 heterocycles. The summed E-state index contributed by atoms with van der Waals surface area (Å²) in [5.74, 6) is -0.939.